The predicted octanol–water partition coefficient (Wildman–Crippen LogP) is -5.23. The average Bonchev–Trinajstić information content (AvgIpc) is 2.55. The van der Waals surface area contributed by atoms with Gasteiger partial charge in [0, 0.05) is 0 Å². The molecule has 2 saturated heterocycles. The van der Waals surface area contributed by atoms with Gasteiger partial charge in [0.25, 0.3) is 0 Å². The molecule has 135 valence electrons. The molecular formula is C12H21O11. The fraction of sp³-hybridized carbons (Fsp3) is 0.917. The van der Waals surface area contributed by atoms with Gasteiger partial charge >= 0.3 is 0 Å². The predicted molar refractivity (Wildman–Crippen MR) is 68.1 cm³/mol. The van der Waals surface area contributed by atoms with E-state index in [-0.39, 0.29) is 6.10 Å². The maximum absolute atomic E-state index is 9.94. The third kappa shape index (κ3) is 3.65. The lowest BCUT2D eigenvalue weighted by atomic mass is 9.97. The van der Waals surface area contributed by atoms with Crippen LogP contribution >= 0.6 is 0 Å². The molecule has 0 saturated carbocycles. The number of aliphatic hydroxyl groups is 8. The molecule has 9 atom stereocenters. The summed E-state index contributed by atoms with van der Waals surface area (Å²) in [7, 11) is 0. The third-order valence-electron chi connectivity index (χ3n) is 3.84. The first-order valence-electron chi connectivity index (χ1n) is 6.95. The molecule has 2 aliphatic heterocycles. The molecule has 2 aliphatic rings. The summed E-state index contributed by atoms with van der Waals surface area (Å²) in [5.74, 6) is 0. The summed E-state index contributed by atoms with van der Waals surface area (Å²) in [5.41, 5.74) is 0. The molecule has 0 bridgehead atoms. The fourth-order valence-electron chi connectivity index (χ4n) is 2.46. The van der Waals surface area contributed by atoms with Gasteiger partial charge < -0.3 is 55.1 Å². The van der Waals surface area contributed by atoms with E-state index in [0.29, 0.717) is 0 Å². The second kappa shape index (κ2) is 7.63. The van der Waals surface area contributed by atoms with Crippen molar-refractivity contribution in [1.29, 1.82) is 0 Å². The van der Waals surface area contributed by atoms with Crippen LogP contribution in [0.3, 0.4) is 0 Å². The second-order valence-corrected chi connectivity index (χ2v) is 5.37. The molecule has 11 heteroatoms. The van der Waals surface area contributed by atoms with Gasteiger partial charge in [0.1, 0.15) is 42.7 Å². The SMILES string of the molecule is OC[C]1O[C@@H](O[C@H]2[C@H](O)[C@@H](O)[C@H](O)O[C@@H]2CO)[C@H](O)[C@@H](O)[C@@H]1O. The molecule has 1 radical (unpaired) electrons. The fourth-order valence-corrected chi connectivity index (χ4v) is 2.46. The quantitative estimate of drug-likeness (QED) is 0.244. The van der Waals surface area contributed by atoms with E-state index < -0.39 is 68.5 Å². The van der Waals surface area contributed by atoms with Crippen LogP contribution in [0, 0.1) is 6.10 Å². The van der Waals surface area contributed by atoms with Crippen molar-refractivity contribution in [2.24, 2.45) is 0 Å². The maximum atomic E-state index is 9.94. The van der Waals surface area contributed by atoms with Gasteiger partial charge in [0.05, 0.1) is 13.2 Å². The van der Waals surface area contributed by atoms with Crippen LogP contribution in [0.2, 0.25) is 0 Å². The number of hydrogen-bond donors (Lipinski definition) is 8. The van der Waals surface area contributed by atoms with Gasteiger partial charge in [-0.3, -0.25) is 0 Å². The minimum atomic E-state index is -1.74. The van der Waals surface area contributed by atoms with Crippen molar-refractivity contribution in [2.75, 3.05) is 13.2 Å². The van der Waals surface area contributed by atoms with Gasteiger partial charge in [-0.15, -0.1) is 0 Å². The van der Waals surface area contributed by atoms with Crippen molar-refractivity contribution in [3.05, 3.63) is 6.10 Å². The first-order valence-corrected chi connectivity index (χ1v) is 6.95. The Kier molecular flexibility index (Phi) is 6.27. The molecule has 2 fully saturated rings. The monoisotopic (exact) mass is 341 g/mol. The van der Waals surface area contributed by atoms with E-state index in [1.165, 1.54) is 0 Å². The standard InChI is InChI=1S/C12H21O11/c13-1-3-5(15)6(16)9(19)12(22-3)23-10-4(2-14)21-11(20)8(18)7(10)17/h4-20H,1-2H2/t4-,5-,6+,7-,8-,9-,10-,11-,12+/m1/s1. The molecule has 23 heavy (non-hydrogen) atoms. The molecule has 0 unspecified atom stereocenters. The lowest BCUT2D eigenvalue weighted by Gasteiger charge is -2.44. The summed E-state index contributed by atoms with van der Waals surface area (Å²) in [6.45, 7) is -1.44. The van der Waals surface area contributed by atoms with Crippen molar-refractivity contribution < 1.29 is 55.1 Å². The Bertz CT molecular complexity index is 378. The first-order chi connectivity index (χ1) is 10.8. The number of ether oxygens (including phenoxy) is 3. The van der Waals surface area contributed by atoms with E-state index in [2.05, 4.69) is 0 Å². The van der Waals surface area contributed by atoms with Crippen LogP contribution in [-0.2, 0) is 14.2 Å². The van der Waals surface area contributed by atoms with E-state index in [1.54, 1.807) is 0 Å². The molecule has 2 heterocycles. The molecule has 0 aromatic heterocycles. The van der Waals surface area contributed by atoms with Crippen molar-refractivity contribution in [1.82, 2.24) is 0 Å². The highest BCUT2D eigenvalue weighted by Gasteiger charge is 2.50. The van der Waals surface area contributed by atoms with E-state index in [4.69, 9.17) is 19.3 Å². The zero-order valence-corrected chi connectivity index (χ0v) is 11.9. The minimum absolute atomic E-state index is 0.361. The maximum Gasteiger partial charge on any atom is 0.187 e. The smallest absolute Gasteiger partial charge is 0.187 e. The number of rotatable bonds is 4. The zero-order chi connectivity index (χ0) is 17.3. The van der Waals surface area contributed by atoms with Crippen LogP contribution in [0.1, 0.15) is 0 Å². The molecule has 0 spiro atoms. The summed E-state index contributed by atoms with van der Waals surface area (Å²) < 4.78 is 15.2. The highest BCUT2D eigenvalue weighted by Crippen LogP contribution is 2.30. The van der Waals surface area contributed by atoms with Crippen LogP contribution in [0.25, 0.3) is 0 Å². The summed E-state index contributed by atoms with van der Waals surface area (Å²) in [6.07, 6.45) is -14.9. The molecule has 0 aromatic carbocycles. The first kappa shape index (κ1) is 18.9. The van der Waals surface area contributed by atoms with Crippen LogP contribution in [0.15, 0.2) is 0 Å². The average molecular weight is 341 g/mol. The van der Waals surface area contributed by atoms with Crippen LogP contribution in [0.4, 0.5) is 0 Å². The minimum Gasteiger partial charge on any atom is -0.394 e. The molecule has 2 rings (SSSR count). The van der Waals surface area contributed by atoms with Gasteiger partial charge in [-0.25, -0.2) is 0 Å². The highest BCUT2D eigenvalue weighted by atomic mass is 16.7. The number of aliphatic hydroxyl groups excluding tert-OH is 8. The molecule has 11 nitrogen and oxygen atoms in total. The normalized spacial score (nSPS) is 49.3. The lowest BCUT2D eigenvalue weighted by molar-refractivity contribution is -0.341. The van der Waals surface area contributed by atoms with Crippen LogP contribution in [0.5, 0.6) is 0 Å². The van der Waals surface area contributed by atoms with Gasteiger partial charge in [-0.05, 0) is 0 Å². The highest BCUT2D eigenvalue weighted by molar-refractivity contribution is 5.01. The van der Waals surface area contributed by atoms with E-state index in [9.17, 15) is 35.7 Å². The Balaban J connectivity index is 2.11. The van der Waals surface area contributed by atoms with Gasteiger partial charge in [-0.2, -0.15) is 0 Å². The van der Waals surface area contributed by atoms with E-state index >= 15 is 0 Å². The Morgan fingerprint density at radius 1 is 0.870 bits per heavy atom. The van der Waals surface area contributed by atoms with Crippen LogP contribution < -0.4 is 0 Å². The summed E-state index contributed by atoms with van der Waals surface area (Å²) in [4.78, 5) is 0. The second-order valence-electron chi connectivity index (χ2n) is 5.37. The van der Waals surface area contributed by atoms with Crippen molar-refractivity contribution >= 4 is 0 Å². The van der Waals surface area contributed by atoms with E-state index in [1.807, 2.05) is 0 Å². The summed E-state index contributed by atoms with van der Waals surface area (Å²) in [5, 5.41) is 76.4. The van der Waals surface area contributed by atoms with Gasteiger partial charge in [0.2, 0.25) is 0 Å². The van der Waals surface area contributed by atoms with Crippen molar-refractivity contribution in [2.45, 2.75) is 55.3 Å². The Hall–Kier alpha value is -0.440. The number of hydrogen-bond acceptors (Lipinski definition) is 11. The largest absolute Gasteiger partial charge is 0.394 e. The molecular weight excluding hydrogens is 320 g/mol. The Morgan fingerprint density at radius 2 is 1.52 bits per heavy atom. The summed E-state index contributed by atoms with van der Waals surface area (Å²) in [6, 6.07) is 0. The van der Waals surface area contributed by atoms with Crippen molar-refractivity contribution in [3.63, 3.8) is 0 Å². The molecule has 0 aromatic rings. The molecule has 0 amide bonds. The van der Waals surface area contributed by atoms with Crippen LogP contribution in [-0.4, -0.2) is 109 Å². The lowest BCUT2D eigenvalue weighted by Crippen LogP contribution is -2.63. The Morgan fingerprint density at radius 3 is 2.09 bits per heavy atom. The zero-order valence-electron chi connectivity index (χ0n) is 11.9. The molecule has 8 N–H and O–H groups in total. The Labute approximate surface area is 130 Å². The molecule has 0 aliphatic carbocycles. The third-order valence-corrected chi connectivity index (χ3v) is 3.84. The summed E-state index contributed by atoms with van der Waals surface area (Å²) >= 11 is 0. The van der Waals surface area contributed by atoms with Gasteiger partial charge in [0.15, 0.2) is 18.7 Å². The topological polar surface area (TPSA) is 190 Å². The van der Waals surface area contributed by atoms with Gasteiger partial charge in [-0.1, -0.05) is 0 Å². The van der Waals surface area contributed by atoms with E-state index in [0.717, 1.165) is 0 Å². The van der Waals surface area contributed by atoms with Crippen molar-refractivity contribution in [3.8, 4) is 0 Å².